The van der Waals surface area contributed by atoms with E-state index in [1.807, 2.05) is 31.2 Å². The maximum Gasteiger partial charge on any atom is 0.118 e. The lowest BCUT2D eigenvalue weighted by molar-refractivity contribution is 0.223. The second-order valence-electron chi connectivity index (χ2n) is 4.08. The maximum atomic E-state index is 10.3. The quantitative estimate of drug-likeness (QED) is 0.901. The van der Waals surface area contributed by atoms with Gasteiger partial charge in [0.2, 0.25) is 0 Å². The van der Waals surface area contributed by atoms with Gasteiger partial charge in [-0.3, -0.25) is 0 Å². The zero-order chi connectivity index (χ0) is 12.4. The number of aryl methyl sites for hydroxylation is 2. The van der Waals surface area contributed by atoms with Crippen molar-refractivity contribution in [2.45, 2.75) is 20.0 Å². The number of aliphatic hydroxyl groups is 1. The van der Waals surface area contributed by atoms with E-state index in [1.165, 1.54) is 4.88 Å². The van der Waals surface area contributed by atoms with Gasteiger partial charge in [0.05, 0.1) is 7.11 Å². The molecule has 1 N–H and O–H groups in total. The molecule has 0 radical (unpaired) electrons. The summed E-state index contributed by atoms with van der Waals surface area (Å²) in [6.07, 6.45) is -0.542. The lowest BCUT2D eigenvalue weighted by atomic mass is 10.1. The van der Waals surface area contributed by atoms with E-state index >= 15 is 0 Å². The minimum Gasteiger partial charge on any atom is -0.497 e. The molecule has 1 atom stereocenters. The molecule has 1 heterocycles. The number of thiophene rings is 1. The van der Waals surface area contributed by atoms with Crippen LogP contribution in [0.2, 0.25) is 0 Å². The minimum absolute atomic E-state index is 0.542. The summed E-state index contributed by atoms with van der Waals surface area (Å²) in [5, 5.41) is 10.3. The van der Waals surface area contributed by atoms with Crippen LogP contribution in [-0.4, -0.2) is 12.2 Å². The average molecular weight is 248 g/mol. The van der Waals surface area contributed by atoms with Gasteiger partial charge in [-0.15, -0.1) is 11.3 Å². The van der Waals surface area contributed by atoms with E-state index in [0.29, 0.717) is 0 Å². The van der Waals surface area contributed by atoms with Gasteiger partial charge in [-0.1, -0.05) is 12.1 Å². The van der Waals surface area contributed by atoms with Crippen LogP contribution in [0.15, 0.2) is 30.3 Å². The highest BCUT2D eigenvalue weighted by Gasteiger charge is 2.15. The van der Waals surface area contributed by atoms with E-state index < -0.39 is 6.10 Å². The van der Waals surface area contributed by atoms with Crippen LogP contribution in [0, 0.1) is 13.8 Å². The van der Waals surface area contributed by atoms with Crippen LogP contribution in [0.3, 0.4) is 0 Å². The highest BCUT2D eigenvalue weighted by Crippen LogP contribution is 2.32. The lowest BCUT2D eigenvalue weighted by Crippen LogP contribution is -1.98. The van der Waals surface area contributed by atoms with Crippen molar-refractivity contribution in [3.05, 3.63) is 51.2 Å². The first-order valence-electron chi connectivity index (χ1n) is 5.50. The molecule has 1 unspecified atom stereocenters. The van der Waals surface area contributed by atoms with Crippen LogP contribution in [0.1, 0.15) is 27.0 Å². The Bertz CT molecular complexity index is 499. The molecule has 0 aliphatic carbocycles. The molecule has 0 spiro atoms. The maximum absolute atomic E-state index is 10.3. The van der Waals surface area contributed by atoms with Gasteiger partial charge in [-0.25, -0.2) is 0 Å². The van der Waals surface area contributed by atoms with Gasteiger partial charge in [0.1, 0.15) is 11.9 Å². The van der Waals surface area contributed by atoms with Crippen molar-refractivity contribution in [2.24, 2.45) is 0 Å². The molecule has 0 aliphatic heterocycles. The normalized spacial score (nSPS) is 12.5. The fourth-order valence-electron chi connectivity index (χ4n) is 1.87. The van der Waals surface area contributed by atoms with Crippen molar-refractivity contribution in [3.63, 3.8) is 0 Å². The zero-order valence-electron chi connectivity index (χ0n) is 10.2. The number of ether oxygens (including phenoxy) is 1. The van der Waals surface area contributed by atoms with Crippen molar-refractivity contribution in [3.8, 4) is 5.75 Å². The third-order valence-electron chi connectivity index (χ3n) is 2.76. The fourth-order valence-corrected chi connectivity index (χ4v) is 2.92. The summed E-state index contributed by atoms with van der Waals surface area (Å²) in [5.41, 5.74) is 2.05. The standard InChI is InChI=1S/C14H16O2S/c1-9-8-10(2)17-14(9)13(15)11-4-6-12(16-3)7-5-11/h4-8,13,15H,1-3H3. The zero-order valence-corrected chi connectivity index (χ0v) is 11.0. The molecule has 2 rings (SSSR count). The van der Waals surface area contributed by atoms with Crippen molar-refractivity contribution >= 4 is 11.3 Å². The van der Waals surface area contributed by atoms with E-state index in [1.54, 1.807) is 18.4 Å². The molecule has 1 aromatic heterocycles. The largest absolute Gasteiger partial charge is 0.497 e. The number of hydrogen-bond donors (Lipinski definition) is 1. The summed E-state index contributed by atoms with van der Waals surface area (Å²) in [5.74, 6) is 0.806. The van der Waals surface area contributed by atoms with Crippen molar-refractivity contribution in [1.29, 1.82) is 0 Å². The van der Waals surface area contributed by atoms with E-state index in [-0.39, 0.29) is 0 Å². The smallest absolute Gasteiger partial charge is 0.118 e. The third-order valence-corrected chi connectivity index (χ3v) is 3.96. The fraction of sp³-hybridized carbons (Fsp3) is 0.286. The lowest BCUT2D eigenvalue weighted by Gasteiger charge is -2.11. The molecular formula is C14H16O2S. The number of aliphatic hydroxyl groups excluding tert-OH is 1. The van der Waals surface area contributed by atoms with Gasteiger partial charge >= 0.3 is 0 Å². The van der Waals surface area contributed by atoms with Crippen LogP contribution in [0.25, 0.3) is 0 Å². The molecule has 0 aliphatic rings. The van der Waals surface area contributed by atoms with Gasteiger partial charge in [0.15, 0.2) is 0 Å². The molecule has 0 saturated heterocycles. The molecule has 2 nitrogen and oxygen atoms in total. The van der Waals surface area contributed by atoms with Crippen LogP contribution in [-0.2, 0) is 0 Å². The highest BCUT2D eigenvalue weighted by molar-refractivity contribution is 7.12. The number of rotatable bonds is 3. The van der Waals surface area contributed by atoms with E-state index in [4.69, 9.17) is 4.74 Å². The van der Waals surface area contributed by atoms with Crippen molar-refractivity contribution in [2.75, 3.05) is 7.11 Å². The van der Waals surface area contributed by atoms with Crippen molar-refractivity contribution < 1.29 is 9.84 Å². The molecule has 0 fully saturated rings. The molecule has 2 aromatic rings. The first-order valence-corrected chi connectivity index (χ1v) is 6.32. The van der Waals surface area contributed by atoms with Gasteiger partial charge in [-0.2, -0.15) is 0 Å². The minimum atomic E-state index is -0.542. The van der Waals surface area contributed by atoms with E-state index in [2.05, 4.69) is 13.0 Å². The number of benzene rings is 1. The Kier molecular flexibility index (Phi) is 3.50. The molecule has 1 aromatic carbocycles. The number of methoxy groups -OCH3 is 1. The van der Waals surface area contributed by atoms with Crippen LogP contribution in [0.4, 0.5) is 0 Å². The molecule has 0 amide bonds. The summed E-state index contributed by atoms with van der Waals surface area (Å²) in [6.45, 7) is 4.09. The SMILES string of the molecule is COc1ccc(C(O)c2sc(C)cc2C)cc1. The second-order valence-corrected chi connectivity index (χ2v) is 5.37. The highest BCUT2D eigenvalue weighted by atomic mass is 32.1. The summed E-state index contributed by atoms with van der Waals surface area (Å²) >= 11 is 1.65. The molecule has 17 heavy (non-hydrogen) atoms. The van der Waals surface area contributed by atoms with E-state index in [0.717, 1.165) is 21.8 Å². The first kappa shape index (κ1) is 12.1. The molecule has 90 valence electrons. The molecule has 0 saturated carbocycles. The molecule has 3 heteroatoms. The Morgan fingerprint density at radius 2 is 1.82 bits per heavy atom. The van der Waals surface area contributed by atoms with Crippen LogP contribution < -0.4 is 4.74 Å². The Labute approximate surface area is 105 Å². The molecular weight excluding hydrogens is 232 g/mol. The van der Waals surface area contributed by atoms with Crippen LogP contribution >= 0.6 is 11.3 Å². The summed E-state index contributed by atoms with van der Waals surface area (Å²) < 4.78 is 5.10. The predicted octanol–water partition coefficient (Wildman–Crippen LogP) is 3.46. The topological polar surface area (TPSA) is 29.5 Å². The Morgan fingerprint density at radius 3 is 2.29 bits per heavy atom. The summed E-state index contributed by atoms with van der Waals surface area (Å²) in [6, 6.07) is 9.64. The Morgan fingerprint density at radius 1 is 1.18 bits per heavy atom. The summed E-state index contributed by atoms with van der Waals surface area (Å²) in [4.78, 5) is 2.25. The monoisotopic (exact) mass is 248 g/mol. The second kappa shape index (κ2) is 4.90. The summed E-state index contributed by atoms with van der Waals surface area (Å²) in [7, 11) is 1.64. The number of hydrogen-bond acceptors (Lipinski definition) is 3. The Hall–Kier alpha value is -1.32. The third kappa shape index (κ3) is 2.51. The van der Waals surface area contributed by atoms with E-state index in [9.17, 15) is 5.11 Å². The first-order chi connectivity index (χ1) is 8.11. The molecule has 0 bridgehead atoms. The van der Waals surface area contributed by atoms with Gasteiger partial charge in [-0.05, 0) is 43.2 Å². The average Bonchev–Trinajstić information content (AvgIpc) is 2.68. The Balaban J connectivity index is 2.30. The van der Waals surface area contributed by atoms with Gasteiger partial charge in [0.25, 0.3) is 0 Å². The van der Waals surface area contributed by atoms with Crippen LogP contribution in [0.5, 0.6) is 5.75 Å². The van der Waals surface area contributed by atoms with Crippen molar-refractivity contribution in [1.82, 2.24) is 0 Å². The van der Waals surface area contributed by atoms with Gasteiger partial charge in [0, 0.05) is 9.75 Å². The van der Waals surface area contributed by atoms with Gasteiger partial charge < -0.3 is 9.84 Å². The predicted molar refractivity (Wildman–Crippen MR) is 70.8 cm³/mol.